The van der Waals surface area contributed by atoms with Crippen LogP contribution in [0.2, 0.25) is 0 Å². The summed E-state index contributed by atoms with van der Waals surface area (Å²) in [7, 11) is 1.51. The minimum atomic E-state index is -0.530. The van der Waals surface area contributed by atoms with Crippen molar-refractivity contribution in [3.05, 3.63) is 68.8 Å². The van der Waals surface area contributed by atoms with Gasteiger partial charge >= 0.3 is 0 Å². The van der Waals surface area contributed by atoms with Crippen LogP contribution in [-0.2, 0) is 4.79 Å². The number of nitro groups is 1. The number of nitrogens with one attached hydrogen (secondary N) is 1. The molecule has 0 saturated carbocycles. The van der Waals surface area contributed by atoms with Crippen LogP contribution in [0.3, 0.4) is 0 Å². The number of likely N-dealkylation sites (N-methyl/N-ethyl adjacent to an activating group) is 1. The second kappa shape index (κ2) is 7.77. The van der Waals surface area contributed by atoms with E-state index in [0.29, 0.717) is 0 Å². The van der Waals surface area contributed by atoms with Gasteiger partial charge in [0.15, 0.2) is 0 Å². The van der Waals surface area contributed by atoms with E-state index in [1.807, 2.05) is 32.9 Å². The summed E-state index contributed by atoms with van der Waals surface area (Å²) in [5, 5.41) is 13.5. The Bertz CT molecular complexity index is 837. The lowest BCUT2D eigenvalue weighted by molar-refractivity contribution is -0.384. The van der Waals surface area contributed by atoms with Crippen LogP contribution in [0.1, 0.15) is 27.0 Å². The van der Waals surface area contributed by atoms with Crippen molar-refractivity contribution in [1.29, 1.82) is 0 Å². The molecule has 0 bridgehead atoms. The lowest BCUT2D eigenvalue weighted by Crippen LogP contribution is -2.35. The van der Waals surface area contributed by atoms with Gasteiger partial charge in [0.05, 0.1) is 11.5 Å². The number of aryl methyl sites for hydroxylation is 3. The molecule has 26 heavy (non-hydrogen) atoms. The maximum atomic E-state index is 12.4. The van der Waals surface area contributed by atoms with Crippen LogP contribution in [0.4, 0.5) is 11.4 Å². The molecule has 7 nitrogen and oxygen atoms in total. The number of carbonyl (C=O) groups is 2. The number of carbonyl (C=O) groups excluding carboxylic acids is 2. The molecule has 0 fully saturated rings. The second-order valence-electron chi connectivity index (χ2n) is 6.29. The predicted octanol–water partition coefficient (Wildman–Crippen LogP) is 3.23. The number of nitrogens with zero attached hydrogens (tertiary/aromatic N) is 2. The molecule has 0 aliphatic rings. The molecule has 136 valence electrons. The SMILES string of the molecule is Cc1cc(C)c(NC(=O)CN(C)C(=O)c2ccc([N+](=O)[O-])cc2)c(C)c1. The first-order valence-electron chi connectivity index (χ1n) is 8.06. The number of hydrogen-bond donors (Lipinski definition) is 1. The molecule has 0 aromatic heterocycles. The predicted molar refractivity (Wildman–Crippen MR) is 99.3 cm³/mol. The number of hydrogen-bond acceptors (Lipinski definition) is 4. The molecule has 0 atom stereocenters. The number of benzene rings is 2. The van der Waals surface area contributed by atoms with E-state index >= 15 is 0 Å². The Morgan fingerprint density at radius 2 is 1.62 bits per heavy atom. The average Bonchev–Trinajstić information content (AvgIpc) is 2.57. The minimum Gasteiger partial charge on any atom is -0.332 e. The fraction of sp³-hybridized carbons (Fsp3) is 0.263. The Kier molecular flexibility index (Phi) is 5.71. The van der Waals surface area contributed by atoms with Crippen molar-refractivity contribution < 1.29 is 14.5 Å². The first-order valence-corrected chi connectivity index (χ1v) is 8.06. The average molecular weight is 355 g/mol. The minimum absolute atomic E-state index is 0.0905. The van der Waals surface area contributed by atoms with Crippen LogP contribution >= 0.6 is 0 Å². The molecular formula is C19H21N3O4. The highest BCUT2D eigenvalue weighted by molar-refractivity contribution is 5.99. The Hall–Kier alpha value is -3.22. The third kappa shape index (κ3) is 4.44. The third-order valence-electron chi connectivity index (χ3n) is 3.99. The zero-order valence-corrected chi connectivity index (χ0v) is 15.2. The smallest absolute Gasteiger partial charge is 0.269 e. The summed E-state index contributed by atoms with van der Waals surface area (Å²) in [6.07, 6.45) is 0. The highest BCUT2D eigenvalue weighted by Gasteiger charge is 2.17. The van der Waals surface area contributed by atoms with Crippen molar-refractivity contribution >= 4 is 23.2 Å². The van der Waals surface area contributed by atoms with Crippen molar-refractivity contribution in [2.24, 2.45) is 0 Å². The summed E-state index contributed by atoms with van der Waals surface area (Å²) >= 11 is 0. The van der Waals surface area contributed by atoms with Gasteiger partial charge in [-0.1, -0.05) is 17.7 Å². The van der Waals surface area contributed by atoms with Gasteiger partial charge in [0, 0.05) is 30.4 Å². The molecule has 2 rings (SSSR count). The van der Waals surface area contributed by atoms with Crippen LogP contribution in [0.15, 0.2) is 36.4 Å². The van der Waals surface area contributed by atoms with Crippen molar-refractivity contribution in [3.63, 3.8) is 0 Å². The fourth-order valence-corrected chi connectivity index (χ4v) is 2.79. The normalized spacial score (nSPS) is 10.3. The monoisotopic (exact) mass is 355 g/mol. The van der Waals surface area contributed by atoms with Gasteiger partial charge in [0.1, 0.15) is 0 Å². The molecule has 0 aliphatic carbocycles. The summed E-state index contributed by atoms with van der Waals surface area (Å²) in [4.78, 5) is 36.1. The van der Waals surface area contributed by atoms with E-state index in [1.54, 1.807) is 0 Å². The van der Waals surface area contributed by atoms with Crippen LogP contribution in [0.5, 0.6) is 0 Å². The number of rotatable bonds is 5. The van der Waals surface area contributed by atoms with Crippen LogP contribution in [0.25, 0.3) is 0 Å². The third-order valence-corrected chi connectivity index (χ3v) is 3.99. The molecular weight excluding hydrogens is 334 g/mol. The van der Waals surface area contributed by atoms with E-state index in [-0.39, 0.29) is 29.6 Å². The Balaban J connectivity index is 2.04. The van der Waals surface area contributed by atoms with E-state index in [9.17, 15) is 19.7 Å². The quantitative estimate of drug-likeness (QED) is 0.658. The van der Waals surface area contributed by atoms with Crippen molar-refractivity contribution in [2.45, 2.75) is 20.8 Å². The molecule has 0 radical (unpaired) electrons. The molecule has 2 aromatic carbocycles. The van der Waals surface area contributed by atoms with Crippen LogP contribution in [0, 0.1) is 30.9 Å². The van der Waals surface area contributed by atoms with E-state index in [4.69, 9.17) is 0 Å². The molecule has 1 N–H and O–H groups in total. The Labute approximate surface area is 151 Å². The number of nitro benzene ring substituents is 1. The number of amides is 2. The van der Waals surface area contributed by atoms with Gasteiger partial charge in [0.2, 0.25) is 5.91 Å². The van der Waals surface area contributed by atoms with Crippen molar-refractivity contribution in [3.8, 4) is 0 Å². The van der Waals surface area contributed by atoms with Crippen molar-refractivity contribution in [2.75, 3.05) is 18.9 Å². The van der Waals surface area contributed by atoms with Gasteiger partial charge in [-0.05, 0) is 44.0 Å². The lowest BCUT2D eigenvalue weighted by atomic mass is 10.1. The summed E-state index contributed by atoms with van der Waals surface area (Å²) in [6, 6.07) is 9.25. The lowest BCUT2D eigenvalue weighted by Gasteiger charge is -2.18. The van der Waals surface area contributed by atoms with Crippen LogP contribution in [-0.4, -0.2) is 35.2 Å². The highest BCUT2D eigenvalue weighted by atomic mass is 16.6. The van der Waals surface area contributed by atoms with Gasteiger partial charge in [-0.2, -0.15) is 0 Å². The molecule has 2 amide bonds. The zero-order chi connectivity index (χ0) is 19.4. The molecule has 0 unspecified atom stereocenters. The summed E-state index contributed by atoms with van der Waals surface area (Å²) in [6.45, 7) is 5.70. The molecule has 2 aromatic rings. The van der Waals surface area contributed by atoms with E-state index in [2.05, 4.69) is 5.32 Å². The molecule has 0 aliphatic heterocycles. The molecule has 0 spiro atoms. The van der Waals surface area contributed by atoms with E-state index in [1.165, 1.54) is 36.2 Å². The van der Waals surface area contributed by atoms with Gasteiger partial charge in [-0.15, -0.1) is 0 Å². The zero-order valence-electron chi connectivity index (χ0n) is 15.2. The second-order valence-corrected chi connectivity index (χ2v) is 6.29. The van der Waals surface area contributed by atoms with Gasteiger partial charge in [-0.25, -0.2) is 0 Å². The summed E-state index contributed by atoms with van der Waals surface area (Å²) in [5.74, 6) is -0.690. The largest absolute Gasteiger partial charge is 0.332 e. The van der Waals surface area contributed by atoms with Crippen molar-refractivity contribution in [1.82, 2.24) is 4.90 Å². The standard InChI is InChI=1S/C19H21N3O4/c1-12-9-13(2)18(14(3)10-12)20-17(23)11-21(4)19(24)15-5-7-16(8-6-15)22(25)26/h5-10H,11H2,1-4H3,(H,20,23). The highest BCUT2D eigenvalue weighted by Crippen LogP contribution is 2.22. The maximum absolute atomic E-state index is 12.4. The molecule has 0 saturated heterocycles. The summed E-state index contributed by atoms with van der Waals surface area (Å²) in [5.41, 5.74) is 3.97. The first kappa shape index (κ1) is 19.1. The van der Waals surface area contributed by atoms with Gasteiger partial charge < -0.3 is 10.2 Å². The molecule has 7 heteroatoms. The van der Waals surface area contributed by atoms with E-state index < -0.39 is 4.92 Å². The van der Waals surface area contributed by atoms with Gasteiger partial charge in [0.25, 0.3) is 11.6 Å². The topological polar surface area (TPSA) is 92.6 Å². The Morgan fingerprint density at radius 1 is 1.08 bits per heavy atom. The first-order chi connectivity index (χ1) is 12.2. The number of non-ortho nitro benzene ring substituents is 1. The summed E-state index contributed by atoms with van der Waals surface area (Å²) < 4.78 is 0. The number of anilines is 1. The molecule has 0 heterocycles. The van der Waals surface area contributed by atoms with Gasteiger partial charge in [-0.3, -0.25) is 19.7 Å². The fourth-order valence-electron chi connectivity index (χ4n) is 2.79. The van der Waals surface area contributed by atoms with Crippen LogP contribution < -0.4 is 5.32 Å². The Morgan fingerprint density at radius 3 is 2.12 bits per heavy atom. The maximum Gasteiger partial charge on any atom is 0.269 e. The van der Waals surface area contributed by atoms with E-state index in [0.717, 1.165) is 22.4 Å².